The highest BCUT2D eigenvalue weighted by Crippen LogP contribution is 2.02. The van der Waals surface area contributed by atoms with Crippen molar-refractivity contribution in [2.45, 2.75) is 20.3 Å². The van der Waals surface area contributed by atoms with Gasteiger partial charge in [-0.15, -0.1) is 0 Å². The molecule has 1 rings (SSSR count). The van der Waals surface area contributed by atoms with Crippen molar-refractivity contribution in [2.24, 2.45) is 0 Å². The second-order valence-corrected chi connectivity index (χ2v) is 4.11. The first-order valence-electron chi connectivity index (χ1n) is 6.39. The summed E-state index contributed by atoms with van der Waals surface area (Å²) in [5.74, 6) is 0.273. The Morgan fingerprint density at radius 1 is 1.44 bits per heavy atom. The molecule has 0 fully saturated rings. The summed E-state index contributed by atoms with van der Waals surface area (Å²) >= 11 is 0. The Labute approximate surface area is 108 Å². The Morgan fingerprint density at radius 3 is 2.78 bits per heavy atom. The van der Waals surface area contributed by atoms with E-state index in [9.17, 15) is 4.79 Å². The molecule has 0 spiro atoms. The maximum absolute atomic E-state index is 11.8. The van der Waals surface area contributed by atoms with Gasteiger partial charge in [0.2, 0.25) is 0 Å². The van der Waals surface area contributed by atoms with Crippen molar-refractivity contribution in [1.29, 1.82) is 0 Å². The van der Waals surface area contributed by atoms with Crippen molar-refractivity contribution in [3.8, 4) is 0 Å². The smallest absolute Gasteiger partial charge is 0.251 e. The van der Waals surface area contributed by atoms with Crippen LogP contribution in [0.25, 0.3) is 0 Å². The lowest BCUT2D eigenvalue weighted by molar-refractivity contribution is 0.0952. The summed E-state index contributed by atoms with van der Waals surface area (Å²) < 4.78 is 0. The van der Waals surface area contributed by atoms with Crippen molar-refractivity contribution in [3.63, 3.8) is 0 Å². The van der Waals surface area contributed by atoms with E-state index in [0.29, 0.717) is 17.9 Å². The molecule has 1 amide bonds. The number of nitrogens with zero attached hydrogens (tertiary/aromatic N) is 2. The summed E-state index contributed by atoms with van der Waals surface area (Å²) in [6.07, 6.45) is 2.49. The number of amides is 1. The molecule has 5 heteroatoms. The lowest BCUT2D eigenvalue weighted by Gasteiger charge is -2.17. The Hall–Kier alpha value is -1.62. The zero-order valence-corrected chi connectivity index (χ0v) is 11.1. The number of hydrogen-bond acceptors (Lipinski definition) is 4. The van der Waals surface area contributed by atoms with E-state index in [1.54, 1.807) is 18.3 Å². The Balaban J connectivity index is 2.29. The third kappa shape index (κ3) is 4.71. The first-order chi connectivity index (χ1) is 8.67. The summed E-state index contributed by atoms with van der Waals surface area (Å²) in [5, 5.41) is 2.88. The topological polar surface area (TPSA) is 71.2 Å². The zero-order chi connectivity index (χ0) is 13.4. The Bertz CT molecular complexity index is 377. The van der Waals surface area contributed by atoms with Crippen LogP contribution in [0.5, 0.6) is 0 Å². The van der Waals surface area contributed by atoms with Crippen molar-refractivity contribution in [2.75, 3.05) is 31.9 Å². The van der Waals surface area contributed by atoms with Crippen LogP contribution < -0.4 is 11.1 Å². The molecule has 0 aromatic carbocycles. The Kier molecular flexibility index (Phi) is 6.14. The molecule has 1 aromatic heterocycles. The van der Waals surface area contributed by atoms with Crippen molar-refractivity contribution < 1.29 is 4.79 Å². The molecule has 0 atom stereocenters. The van der Waals surface area contributed by atoms with Crippen LogP contribution in [0, 0.1) is 0 Å². The molecular formula is C13H22N4O. The van der Waals surface area contributed by atoms with Crippen molar-refractivity contribution in [3.05, 3.63) is 23.9 Å². The maximum Gasteiger partial charge on any atom is 0.251 e. The molecule has 0 aliphatic rings. The minimum absolute atomic E-state index is 0.0938. The van der Waals surface area contributed by atoms with Crippen LogP contribution >= 0.6 is 0 Å². The molecule has 100 valence electrons. The van der Waals surface area contributed by atoms with E-state index < -0.39 is 0 Å². The molecule has 0 saturated heterocycles. The molecule has 1 aromatic rings. The van der Waals surface area contributed by atoms with Gasteiger partial charge in [-0.25, -0.2) is 4.98 Å². The molecule has 0 aliphatic carbocycles. The predicted molar refractivity (Wildman–Crippen MR) is 73.4 cm³/mol. The molecule has 5 nitrogen and oxygen atoms in total. The lowest BCUT2D eigenvalue weighted by Crippen LogP contribution is -2.29. The monoisotopic (exact) mass is 250 g/mol. The zero-order valence-electron chi connectivity index (χ0n) is 11.1. The highest BCUT2D eigenvalue weighted by molar-refractivity contribution is 5.94. The number of nitrogens with two attached hydrogens (primary N) is 1. The summed E-state index contributed by atoms with van der Waals surface area (Å²) in [4.78, 5) is 18.0. The average Bonchev–Trinajstić information content (AvgIpc) is 2.38. The van der Waals surface area contributed by atoms with Crippen LogP contribution in [0.3, 0.4) is 0 Å². The molecule has 0 unspecified atom stereocenters. The molecule has 0 saturated carbocycles. The van der Waals surface area contributed by atoms with Gasteiger partial charge in [0.1, 0.15) is 5.82 Å². The van der Waals surface area contributed by atoms with Gasteiger partial charge in [-0.2, -0.15) is 0 Å². The van der Waals surface area contributed by atoms with E-state index in [4.69, 9.17) is 5.73 Å². The predicted octanol–water partition coefficient (Wildman–Crippen LogP) is 1.13. The molecule has 0 bridgehead atoms. The largest absolute Gasteiger partial charge is 0.384 e. The number of nitrogen functional groups attached to an aromatic ring is 1. The van der Waals surface area contributed by atoms with Crippen LogP contribution in [0.4, 0.5) is 5.82 Å². The number of rotatable bonds is 7. The van der Waals surface area contributed by atoms with Gasteiger partial charge in [0.05, 0.1) is 0 Å². The van der Waals surface area contributed by atoms with E-state index in [0.717, 1.165) is 26.1 Å². The van der Waals surface area contributed by atoms with Gasteiger partial charge in [-0.3, -0.25) is 4.79 Å². The third-order valence-corrected chi connectivity index (χ3v) is 2.87. The minimum Gasteiger partial charge on any atom is -0.384 e. The molecule has 18 heavy (non-hydrogen) atoms. The number of hydrogen-bond donors (Lipinski definition) is 2. The first kappa shape index (κ1) is 14.4. The number of nitrogens with one attached hydrogen (secondary N) is 1. The van der Waals surface area contributed by atoms with Gasteiger partial charge in [0.15, 0.2) is 0 Å². The van der Waals surface area contributed by atoms with Crippen molar-refractivity contribution >= 4 is 11.7 Å². The van der Waals surface area contributed by atoms with E-state index in [2.05, 4.69) is 29.0 Å². The molecule has 0 aliphatic heterocycles. The fourth-order valence-corrected chi connectivity index (χ4v) is 1.74. The Morgan fingerprint density at radius 2 is 2.17 bits per heavy atom. The quantitative estimate of drug-likeness (QED) is 0.712. The first-order valence-corrected chi connectivity index (χ1v) is 6.39. The van der Waals surface area contributed by atoms with Gasteiger partial charge >= 0.3 is 0 Å². The van der Waals surface area contributed by atoms with Gasteiger partial charge in [-0.05, 0) is 38.2 Å². The van der Waals surface area contributed by atoms with Gasteiger partial charge in [0.25, 0.3) is 5.91 Å². The highest BCUT2D eigenvalue weighted by Gasteiger charge is 2.05. The van der Waals surface area contributed by atoms with E-state index in [1.807, 2.05) is 0 Å². The second-order valence-electron chi connectivity index (χ2n) is 4.11. The number of carbonyl (C=O) groups is 1. The van der Waals surface area contributed by atoms with Gasteiger partial charge in [0, 0.05) is 18.3 Å². The summed E-state index contributed by atoms with van der Waals surface area (Å²) in [7, 11) is 0. The molecule has 0 radical (unpaired) electrons. The molecule has 1 heterocycles. The fourth-order valence-electron chi connectivity index (χ4n) is 1.74. The second kappa shape index (κ2) is 7.66. The standard InChI is InChI=1S/C13H22N4O/c1-3-17(4-2)9-5-7-16-13(18)11-6-8-15-12(14)10-11/h6,8,10H,3-5,7,9H2,1-2H3,(H2,14,15)(H,16,18). The summed E-state index contributed by atoms with van der Waals surface area (Å²) in [6.45, 7) is 8.06. The normalized spacial score (nSPS) is 10.6. The molecular weight excluding hydrogens is 228 g/mol. The molecule has 3 N–H and O–H groups in total. The van der Waals surface area contributed by atoms with E-state index in [-0.39, 0.29) is 5.91 Å². The van der Waals surface area contributed by atoms with Crippen molar-refractivity contribution in [1.82, 2.24) is 15.2 Å². The van der Waals surface area contributed by atoms with Crippen LogP contribution in [0.15, 0.2) is 18.3 Å². The number of anilines is 1. The SMILES string of the molecule is CCN(CC)CCCNC(=O)c1ccnc(N)c1. The van der Waals surface area contributed by atoms with Crippen LogP contribution in [0.1, 0.15) is 30.6 Å². The third-order valence-electron chi connectivity index (χ3n) is 2.87. The number of carbonyl (C=O) groups excluding carboxylic acids is 1. The van der Waals surface area contributed by atoms with Gasteiger partial charge < -0.3 is 16.0 Å². The number of pyridine rings is 1. The van der Waals surface area contributed by atoms with Crippen LogP contribution in [0.2, 0.25) is 0 Å². The average molecular weight is 250 g/mol. The minimum atomic E-state index is -0.0938. The van der Waals surface area contributed by atoms with E-state index in [1.165, 1.54) is 0 Å². The highest BCUT2D eigenvalue weighted by atomic mass is 16.1. The summed E-state index contributed by atoms with van der Waals surface area (Å²) in [5.41, 5.74) is 6.09. The fraction of sp³-hybridized carbons (Fsp3) is 0.538. The van der Waals surface area contributed by atoms with Crippen LogP contribution in [-0.4, -0.2) is 42.0 Å². The van der Waals surface area contributed by atoms with Gasteiger partial charge in [-0.1, -0.05) is 13.8 Å². The van der Waals surface area contributed by atoms with Crippen LogP contribution in [-0.2, 0) is 0 Å². The van der Waals surface area contributed by atoms with E-state index >= 15 is 0 Å². The summed E-state index contributed by atoms with van der Waals surface area (Å²) in [6, 6.07) is 3.25. The maximum atomic E-state index is 11.8. The number of aromatic nitrogens is 1. The lowest BCUT2D eigenvalue weighted by atomic mass is 10.2.